The van der Waals surface area contributed by atoms with Crippen LogP contribution in [0.15, 0.2) is 24.3 Å². The summed E-state index contributed by atoms with van der Waals surface area (Å²) < 4.78 is 17.4. The first-order valence-electron chi connectivity index (χ1n) is 21.3. The van der Waals surface area contributed by atoms with E-state index >= 15 is 0 Å². The van der Waals surface area contributed by atoms with E-state index in [0.717, 1.165) is 6.42 Å². The van der Waals surface area contributed by atoms with Gasteiger partial charge in [-0.3, -0.25) is 19.2 Å². The Bertz CT molecular complexity index is 1490. The molecule has 1 aromatic rings. The van der Waals surface area contributed by atoms with E-state index in [1.807, 2.05) is 67.5 Å². The molecule has 4 N–H and O–H groups in total. The van der Waals surface area contributed by atoms with E-state index in [4.69, 9.17) is 25.8 Å². The molecule has 0 aliphatic rings. The summed E-state index contributed by atoms with van der Waals surface area (Å²) in [6.45, 7) is 22.8. The van der Waals surface area contributed by atoms with Gasteiger partial charge in [0.05, 0.1) is 36.6 Å². The fourth-order valence-electron chi connectivity index (χ4n) is 7.28. The molecule has 338 valence electrons. The number of hydrogen-bond donors (Lipinski definition) is 4. The molecule has 4 amide bonds. The number of halogens is 1. The topological polar surface area (TPSA) is 164 Å². The highest BCUT2D eigenvalue weighted by molar-refractivity contribution is 6.31. The van der Waals surface area contributed by atoms with Gasteiger partial charge in [0, 0.05) is 38.8 Å². The second kappa shape index (κ2) is 25.5. The molecule has 0 bridgehead atoms. The summed E-state index contributed by atoms with van der Waals surface area (Å²) in [4.78, 5) is 69.3. The van der Waals surface area contributed by atoms with Crippen LogP contribution in [0.2, 0.25) is 5.02 Å². The van der Waals surface area contributed by atoms with Crippen molar-refractivity contribution in [2.45, 2.75) is 163 Å². The van der Waals surface area contributed by atoms with Crippen LogP contribution in [0, 0.1) is 29.6 Å². The molecule has 0 saturated carbocycles. The van der Waals surface area contributed by atoms with E-state index < -0.39 is 53.9 Å². The first-order chi connectivity index (χ1) is 27.4. The van der Waals surface area contributed by atoms with Gasteiger partial charge in [-0.25, -0.2) is 4.79 Å². The quantitative estimate of drug-likeness (QED) is 0.0872. The van der Waals surface area contributed by atoms with Crippen LogP contribution in [0.3, 0.4) is 0 Å². The van der Waals surface area contributed by atoms with E-state index in [2.05, 4.69) is 21.3 Å². The molecule has 14 heteroatoms. The number of ether oxygens (including phenoxy) is 3. The number of hydrogen-bond acceptors (Lipinski definition) is 9. The Morgan fingerprint density at radius 1 is 0.780 bits per heavy atom. The van der Waals surface area contributed by atoms with E-state index in [9.17, 15) is 24.0 Å². The third-order valence-corrected chi connectivity index (χ3v) is 11.8. The molecule has 0 aliphatic carbocycles. The molecule has 1 rings (SSSR count). The maximum Gasteiger partial charge on any atom is 0.329 e. The molecule has 0 fully saturated rings. The van der Waals surface area contributed by atoms with Crippen LogP contribution in [-0.2, 0) is 44.6 Å². The minimum atomic E-state index is -0.956. The van der Waals surface area contributed by atoms with Crippen molar-refractivity contribution in [1.82, 2.24) is 26.2 Å². The zero-order valence-corrected chi connectivity index (χ0v) is 39.6. The zero-order chi connectivity index (χ0) is 45.4. The van der Waals surface area contributed by atoms with Crippen LogP contribution >= 0.6 is 11.6 Å². The van der Waals surface area contributed by atoms with Crippen LogP contribution in [0.25, 0.3) is 0 Å². The Balaban J connectivity index is 3.03. The Hall–Kier alpha value is -3.26. The van der Waals surface area contributed by atoms with E-state index in [-0.39, 0.29) is 66.2 Å². The van der Waals surface area contributed by atoms with Crippen LogP contribution in [0.1, 0.15) is 114 Å². The number of nitrogens with one attached hydrogen (secondary N) is 4. The molecule has 13 nitrogen and oxygen atoms in total. The van der Waals surface area contributed by atoms with Crippen molar-refractivity contribution in [3.8, 4) is 0 Å². The molecule has 10 atom stereocenters. The van der Waals surface area contributed by atoms with Crippen LogP contribution in [0.5, 0.6) is 0 Å². The summed E-state index contributed by atoms with van der Waals surface area (Å²) in [5.74, 6) is -2.33. The van der Waals surface area contributed by atoms with Crippen molar-refractivity contribution < 1.29 is 38.2 Å². The lowest BCUT2D eigenvalue weighted by atomic mass is 9.89. The number of carbonyl (C=O) groups is 5. The van der Waals surface area contributed by atoms with E-state index in [1.165, 1.54) is 0 Å². The SMILES string of the molecule is CC[C@H](C)[C@@H]([C@@H](CC(=O)NC(C)[C@@H](C)CCC(OC)[C@@H](C)C(=O)N[C@@H](Cc1ccccc1Cl)C(=O)OC(C)(C)C)OC)N(C)C(=O)[C@@H](NC(=O)[C@@H](NC)C(C)C)C(C)C. The molecule has 2 unspecified atom stereocenters. The number of amides is 4. The number of likely N-dealkylation sites (N-methyl/N-ethyl adjacent to an activating group) is 2. The highest BCUT2D eigenvalue weighted by Crippen LogP contribution is 2.25. The Morgan fingerprint density at radius 3 is 1.85 bits per heavy atom. The zero-order valence-electron chi connectivity index (χ0n) is 38.9. The van der Waals surface area contributed by atoms with E-state index in [1.54, 1.807) is 73.0 Å². The van der Waals surface area contributed by atoms with Gasteiger partial charge in [0.15, 0.2) is 0 Å². The van der Waals surface area contributed by atoms with Gasteiger partial charge in [0.25, 0.3) is 0 Å². The highest BCUT2D eigenvalue weighted by atomic mass is 35.5. The lowest BCUT2D eigenvalue weighted by molar-refractivity contribution is -0.159. The number of esters is 1. The van der Waals surface area contributed by atoms with Gasteiger partial charge in [-0.15, -0.1) is 0 Å². The summed E-state index contributed by atoms with van der Waals surface area (Å²) in [6, 6.07) is 4.35. The van der Waals surface area contributed by atoms with Gasteiger partial charge in [0.1, 0.15) is 17.7 Å². The van der Waals surface area contributed by atoms with Crippen molar-refractivity contribution in [1.29, 1.82) is 0 Å². The predicted molar refractivity (Wildman–Crippen MR) is 235 cm³/mol. The molecule has 0 spiro atoms. The summed E-state index contributed by atoms with van der Waals surface area (Å²) >= 11 is 6.40. The molecule has 0 aromatic heterocycles. The fraction of sp³-hybridized carbons (Fsp3) is 0.756. The Morgan fingerprint density at radius 2 is 1.36 bits per heavy atom. The highest BCUT2D eigenvalue weighted by Gasteiger charge is 2.39. The Kier molecular flexibility index (Phi) is 23.2. The van der Waals surface area contributed by atoms with Crippen molar-refractivity contribution >= 4 is 41.2 Å². The number of benzene rings is 1. The molecule has 0 saturated heterocycles. The molecular formula is C45H78ClN5O8. The molecule has 59 heavy (non-hydrogen) atoms. The third-order valence-electron chi connectivity index (χ3n) is 11.4. The van der Waals surface area contributed by atoms with Gasteiger partial charge < -0.3 is 40.4 Å². The lowest BCUT2D eigenvalue weighted by Crippen LogP contribution is -2.59. The van der Waals surface area contributed by atoms with Crippen LogP contribution in [0.4, 0.5) is 0 Å². The second-order valence-electron chi connectivity index (χ2n) is 17.9. The fourth-order valence-corrected chi connectivity index (χ4v) is 7.49. The van der Waals surface area contributed by atoms with Gasteiger partial charge in [-0.2, -0.15) is 0 Å². The summed E-state index contributed by atoms with van der Waals surface area (Å²) in [5.41, 5.74) is -0.0377. The predicted octanol–water partition coefficient (Wildman–Crippen LogP) is 5.94. The van der Waals surface area contributed by atoms with Crippen molar-refractivity contribution in [3.05, 3.63) is 34.9 Å². The van der Waals surface area contributed by atoms with Crippen molar-refractivity contribution in [3.63, 3.8) is 0 Å². The number of methoxy groups -OCH3 is 2. The number of carbonyl (C=O) groups excluding carboxylic acids is 5. The minimum Gasteiger partial charge on any atom is -0.458 e. The van der Waals surface area contributed by atoms with Crippen LogP contribution in [-0.4, -0.2) is 111 Å². The van der Waals surface area contributed by atoms with Gasteiger partial charge >= 0.3 is 5.97 Å². The van der Waals surface area contributed by atoms with Crippen molar-refractivity contribution in [2.75, 3.05) is 28.3 Å². The first kappa shape index (κ1) is 53.8. The molecule has 0 radical (unpaired) electrons. The first-order valence-corrected chi connectivity index (χ1v) is 21.7. The maximum absolute atomic E-state index is 14.1. The monoisotopic (exact) mass is 852 g/mol. The smallest absolute Gasteiger partial charge is 0.329 e. The summed E-state index contributed by atoms with van der Waals surface area (Å²) in [6.07, 6.45) is 1.03. The third kappa shape index (κ3) is 17.3. The van der Waals surface area contributed by atoms with Crippen LogP contribution < -0.4 is 21.3 Å². The average Bonchev–Trinajstić information content (AvgIpc) is 3.15. The molecule has 1 aromatic carbocycles. The average molecular weight is 853 g/mol. The summed E-state index contributed by atoms with van der Waals surface area (Å²) in [5, 5.41) is 12.5. The summed E-state index contributed by atoms with van der Waals surface area (Å²) in [7, 11) is 6.56. The normalized spacial score (nSPS) is 17.1. The number of nitrogens with zero attached hydrogens (tertiary/aromatic N) is 1. The minimum absolute atomic E-state index is 0.0111. The van der Waals surface area contributed by atoms with Gasteiger partial charge in [-0.1, -0.05) is 91.6 Å². The molecule has 0 aliphatic heterocycles. The van der Waals surface area contributed by atoms with Gasteiger partial charge in [0.2, 0.25) is 23.6 Å². The van der Waals surface area contributed by atoms with Gasteiger partial charge in [-0.05, 0) is 82.9 Å². The maximum atomic E-state index is 14.1. The number of rotatable bonds is 25. The van der Waals surface area contributed by atoms with Crippen molar-refractivity contribution in [2.24, 2.45) is 29.6 Å². The molecule has 0 heterocycles. The van der Waals surface area contributed by atoms with E-state index in [0.29, 0.717) is 23.4 Å². The molecular weight excluding hydrogens is 774 g/mol. The Labute approximate surface area is 360 Å². The standard InChI is InChI=1S/C45H78ClN5O8/c1-17-28(6)40(51(14)43(55)39(27(4)5)50-42(54)38(47-13)26(2)3)36(58-16)25-37(52)48-31(9)29(7)22-23-35(57-15)30(8)41(53)49-34(44(56)59-45(10,11)12)24-32-20-18-19-21-33(32)46/h18-21,26-31,34-36,38-40,47H,17,22-25H2,1-16H3,(H,48,52)(H,49,53)(H,50,54)/t28-,29-,30+,31?,34-,35?,36+,38-,39-,40-/m0/s1. The largest absolute Gasteiger partial charge is 0.458 e. The second-order valence-corrected chi connectivity index (χ2v) is 18.3. The lowest BCUT2D eigenvalue weighted by Gasteiger charge is -2.40.